The van der Waals surface area contributed by atoms with E-state index in [1.165, 1.54) is 24.3 Å². The van der Waals surface area contributed by atoms with E-state index in [-0.39, 0.29) is 23.5 Å². The number of anilines is 2. The Bertz CT molecular complexity index is 1040. The number of hydrogen-bond acceptors (Lipinski definition) is 5. The average molecular weight is 416 g/mol. The molecule has 0 aliphatic carbocycles. The lowest BCUT2D eigenvalue weighted by Gasteiger charge is -2.18. The number of amides is 2. The van der Waals surface area contributed by atoms with Crippen molar-refractivity contribution in [3.8, 4) is 5.75 Å². The summed E-state index contributed by atoms with van der Waals surface area (Å²) in [6.45, 7) is 7.00. The smallest absolute Gasteiger partial charge is 0.255 e. The van der Waals surface area contributed by atoms with E-state index in [1.807, 2.05) is 19.9 Å². The number of nitrogens with one attached hydrogen (secondary N) is 1. The first-order valence-electron chi connectivity index (χ1n) is 9.26. The van der Waals surface area contributed by atoms with Crippen LogP contribution in [0.3, 0.4) is 0 Å². The number of nitrogens with zero attached hydrogens (tertiary/aromatic N) is 1. The molecule has 0 atom stereocenters. The molecule has 0 bridgehead atoms. The van der Waals surface area contributed by atoms with Crippen LogP contribution in [0.15, 0.2) is 48.5 Å². The van der Waals surface area contributed by atoms with Crippen LogP contribution in [0.25, 0.3) is 0 Å². The Balaban J connectivity index is 1.81. The van der Waals surface area contributed by atoms with Gasteiger partial charge in [-0.25, -0.2) is 12.7 Å². The molecule has 0 radical (unpaired) electrons. The zero-order valence-electron chi connectivity index (χ0n) is 16.8. The Hall–Kier alpha value is -2.87. The highest BCUT2D eigenvalue weighted by Gasteiger charge is 2.49. The molecule has 0 saturated carbocycles. The lowest BCUT2D eigenvalue weighted by Crippen LogP contribution is -2.32. The number of carbonyl (C=O) groups excluding carboxylic acids is 2. The first kappa shape index (κ1) is 20.9. The SMILES string of the molecule is CC(C)Oc1ccccc1NC(=O)c1ccc(N2C(=O)C(C)(C)CS2(=O)=O)cc1. The van der Waals surface area contributed by atoms with Gasteiger partial charge >= 0.3 is 0 Å². The van der Waals surface area contributed by atoms with Crippen LogP contribution in [-0.2, 0) is 14.8 Å². The van der Waals surface area contributed by atoms with Crippen LogP contribution in [0.2, 0.25) is 0 Å². The summed E-state index contributed by atoms with van der Waals surface area (Å²) in [4.78, 5) is 25.1. The molecule has 1 fully saturated rings. The largest absolute Gasteiger partial charge is 0.489 e. The van der Waals surface area contributed by atoms with Gasteiger partial charge in [-0.05, 0) is 64.1 Å². The van der Waals surface area contributed by atoms with Gasteiger partial charge in [0, 0.05) is 5.56 Å². The Labute approximate surface area is 170 Å². The number of hydrogen-bond donors (Lipinski definition) is 1. The lowest BCUT2D eigenvalue weighted by atomic mass is 9.95. The van der Waals surface area contributed by atoms with Crippen LogP contribution in [0.4, 0.5) is 11.4 Å². The molecule has 0 unspecified atom stereocenters. The molecule has 0 aromatic heterocycles. The Morgan fingerprint density at radius 3 is 2.28 bits per heavy atom. The second-order valence-corrected chi connectivity index (χ2v) is 9.69. The summed E-state index contributed by atoms with van der Waals surface area (Å²) in [5.74, 6) is -0.529. The van der Waals surface area contributed by atoms with Crippen LogP contribution in [0, 0.1) is 5.41 Å². The van der Waals surface area contributed by atoms with Crippen LogP contribution < -0.4 is 14.4 Å². The Morgan fingerprint density at radius 1 is 1.10 bits per heavy atom. The molecule has 2 aromatic rings. The highest BCUT2D eigenvalue weighted by molar-refractivity contribution is 7.94. The summed E-state index contributed by atoms with van der Waals surface area (Å²) in [5.41, 5.74) is 0.112. The van der Waals surface area contributed by atoms with Crippen LogP contribution in [0.5, 0.6) is 5.75 Å². The monoisotopic (exact) mass is 416 g/mol. The molecule has 1 saturated heterocycles. The normalized spacial score (nSPS) is 17.4. The van der Waals surface area contributed by atoms with Crippen molar-refractivity contribution in [2.45, 2.75) is 33.8 Å². The van der Waals surface area contributed by atoms with Gasteiger partial charge in [-0.15, -0.1) is 0 Å². The van der Waals surface area contributed by atoms with Crippen LogP contribution in [-0.4, -0.2) is 32.1 Å². The van der Waals surface area contributed by atoms with E-state index < -0.39 is 21.3 Å². The lowest BCUT2D eigenvalue weighted by molar-refractivity contribution is -0.123. The number of benzene rings is 2. The third kappa shape index (κ3) is 4.27. The first-order chi connectivity index (χ1) is 13.5. The number of ether oxygens (including phenoxy) is 1. The van der Waals surface area contributed by atoms with E-state index in [1.54, 1.807) is 32.0 Å². The van der Waals surface area contributed by atoms with Crippen molar-refractivity contribution in [3.63, 3.8) is 0 Å². The molecule has 2 aromatic carbocycles. The number of para-hydroxylation sites is 2. The topological polar surface area (TPSA) is 92.8 Å². The van der Waals surface area contributed by atoms with Gasteiger partial charge in [-0.1, -0.05) is 12.1 Å². The third-order valence-corrected chi connectivity index (χ3v) is 6.47. The molecule has 1 heterocycles. The van der Waals surface area contributed by atoms with Gasteiger partial charge in [-0.2, -0.15) is 0 Å². The predicted molar refractivity (Wildman–Crippen MR) is 112 cm³/mol. The average Bonchev–Trinajstić information content (AvgIpc) is 2.79. The number of sulfonamides is 1. The van der Waals surface area contributed by atoms with E-state index in [0.29, 0.717) is 17.0 Å². The second kappa shape index (κ2) is 7.51. The summed E-state index contributed by atoms with van der Waals surface area (Å²) in [6.07, 6.45) is -0.0449. The summed E-state index contributed by atoms with van der Waals surface area (Å²) in [7, 11) is -3.73. The second-order valence-electron chi connectivity index (χ2n) is 7.87. The molecule has 1 aliphatic rings. The maximum absolute atomic E-state index is 12.6. The van der Waals surface area contributed by atoms with Gasteiger partial charge in [0.2, 0.25) is 15.9 Å². The van der Waals surface area contributed by atoms with Crippen molar-refractivity contribution in [3.05, 3.63) is 54.1 Å². The fraction of sp³-hybridized carbons (Fsp3) is 0.333. The van der Waals surface area contributed by atoms with Crippen LogP contribution in [0.1, 0.15) is 38.1 Å². The minimum absolute atomic E-state index is 0.0449. The molecule has 8 heteroatoms. The van der Waals surface area contributed by atoms with Gasteiger partial charge in [0.1, 0.15) is 5.75 Å². The van der Waals surface area contributed by atoms with E-state index in [9.17, 15) is 18.0 Å². The van der Waals surface area contributed by atoms with E-state index in [4.69, 9.17) is 4.74 Å². The minimum Gasteiger partial charge on any atom is -0.489 e. The quantitative estimate of drug-likeness (QED) is 0.806. The van der Waals surface area contributed by atoms with Gasteiger partial charge in [0.15, 0.2) is 0 Å². The van der Waals surface area contributed by atoms with Gasteiger partial charge in [0.25, 0.3) is 5.91 Å². The van der Waals surface area contributed by atoms with Gasteiger partial charge < -0.3 is 10.1 Å². The molecular formula is C21H24N2O5S. The zero-order chi connectivity index (χ0) is 21.4. The van der Waals surface area contributed by atoms with Crippen molar-refractivity contribution in [1.82, 2.24) is 0 Å². The van der Waals surface area contributed by atoms with Gasteiger partial charge in [0.05, 0.1) is 28.6 Å². The van der Waals surface area contributed by atoms with Crippen molar-refractivity contribution in [2.75, 3.05) is 15.4 Å². The first-order valence-corrected chi connectivity index (χ1v) is 10.9. The highest BCUT2D eigenvalue weighted by atomic mass is 32.2. The van der Waals surface area contributed by atoms with E-state index >= 15 is 0 Å². The maximum Gasteiger partial charge on any atom is 0.255 e. The molecule has 7 nitrogen and oxygen atoms in total. The summed E-state index contributed by atoms with van der Waals surface area (Å²) < 4.78 is 31.3. The van der Waals surface area contributed by atoms with Crippen LogP contribution >= 0.6 is 0 Å². The summed E-state index contributed by atoms with van der Waals surface area (Å²) >= 11 is 0. The molecule has 154 valence electrons. The molecule has 2 amide bonds. The molecule has 1 N–H and O–H groups in total. The fourth-order valence-electron chi connectivity index (χ4n) is 3.13. The van der Waals surface area contributed by atoms with Crippen molar-refractivity contribution in [2.24, 2.45) is 5.41 Å². The summed E-state index contributed by atoms with van der Waals surface area (Å²) in [5, 5.41) is 2.80. The van der Waals surface area contributed by atoms with E-state index in [2.05, 4.69) is 5.32 Å². The van der Waals surface area contributed by atoms with Crippen molar-refractivity contribution < 1.29 is 22.7 Å². The Kier molecular flexibility index (Phi) is 5.40. The molecule has 29 heavy (non-hydrogen) atoms. The molecular weight excluding hydrogens is 392 g/mol. The maximum atomic E-state index is 12.6. The predicted octanol–water partition coefficient (Wildman–Crippen LogP) is 3.43. The van der Waals surface area contributed by atoms with Gasteiger partial charge in [-0.3, -0.25) is 9.59 Å². The standard InChI is InChI=1S/C21H24N2O5S/c1-14(2)28-18-8-6-5-7-17(18)22-19(24)15-9-11-16(12-10-15)23-20(25)21(3,4)13-29(23,26)27/h5-12,14H,13H2,1-4H3,(H,22,24). The molecule has 1 aliphatic heterocycles. The fourth-order valence-corrected chi connectivity index (χ4v) is 5.24. The van der Waals surface area contributed by atoms with Crippen molar-refractivity contribution in [1.29, 1.82) is 0 Å². The molecule has 0 spiro atoms. The highest BCUT2D eigenvalue weighted by Crippen LogP contribution is 2.35. The summed E-state index contributed by atoms with van der Waals surface area (Å²) in [6, 6.07) is 13.0. The van der Waals surface area contributed by atoms with E-state index in [0.717, 1.165) is 4.31 Å². The minimum atomic E-state index is -3.73. The third-order valence-electron chi connectivity index (χ3n) is 4.45. The van der Waals surface area contributed by atoms with Crippen molar-refractivity contribution >= 4 is 33.2 Å². The number of carbonyl (C=O) groups is 2. The number of rotatable bonds is 5. The Morgan fingerprint density at radius 2 is 1.72 bits per heavy atom. The molecule has 3 rings (SSSR count). The zero-order valence-corrected chi connectivity index (χ0v) is 17.6.